The second kappa shape index (κ2) is 7.52. The molecule has 0 aliphatic carbocycles. The molecule has 0 radical (unpaired) electrons. The second-order valence-electron chi connectivity index (χ2n) is 4.79. The summed E-state index contributed by atoms with van der Waals surface area (Å²) in [6, 6.07) is 4.65. The van der Waals surface area contributed by atoms with E-state index in [4.69, 9.17) is 15.2 Å². The zero-order chi connectivity index (χ0) is 16.0. The number of carbonyl (C=O) groups excluding carboxylic acids is 2. The maximum absolute atomic E-state index is 12.6. The molecule has 0 unspecified atom stereocenters. The van der Waals surface area contributed by atoms with E-state index in [9.17, 15) is 9.59 Å². The van der Waals surface area contributed by atoms with E-state index in [-0.39, 0.29) is 25.1 Å². The third kappa shape index (κ3) is 4.37. The van der Waals surface area contributed by atoms with Crippen molar-refractivity contribution < 1.29 is 19.1 Å². The van der Waals surface area contributed by atoms with Crippen molar-refractivity contribution in [3.8, 4) is 5.75 Å². The number of methoxy groups -OCH3 is 1. The molecular weight excluding hydrogens is 272 g/mol. The van der Waals surface area contributed by atoms with E-state index in [1.165, 1.54) is 12.0 Å². The minimum absolute atomic E-state index is 0.0993. The summed E-state index contributed by atoms with van der Waals surface area (Å²) in [6.45, 7) is 5.58. The van der Waals surface area contributed by atoms with Gasteiger partial charge in [-0.3, -0.25) is 9.59 Å². The first-order chi connectivity index (χ1) is 9.90. The van der Waals surface area contributed by atoms with Crippen molar-refractivity contribution >= 4 is 17.6 Å². The van der Waals surface area contributed by atoms with Crippen LogP contribution in [0.1, 0.15) is 31.1 Å². The standard InChI is InChI=1S/C15H22N2O4/c1-5-21-14(18)9-17(10(2)3)15(19)12-7-6-11(16)8-13(12)20-4/h6-8,10H,5,9,16H2,1-4H3. The molecule has 0 aliphatic rings. The fourth-order valence-corrected chi connectivity index (χ4v) is 1.87. The maximum atomic E-state index is 12.6. The highest BCUT2D eigenvalue weighted by atomic mass is 16.5. The highest BCUT2D eigenvalue weighted by Gasteiger charge is 2.24. The van der Waals surface area contributed by atoms with Crippen molar-refractivity contribution in [2.45, 2.75) is 26.8 Å². The first-order valence-electron chi connectivity index (χ1n) is 6.80. The Hall–Kier alpha value is -2.24. The number of carbonyl (C=O) groups is 2. The summed E-state index contributed by atoms with van der Waals surface area (Å²) in [5.74, 6) is -0.349. The van der Waals surface area contributed by atoms with Crippen LogP contribution in [0.25, 0.3) is 0 Å². The monoisotopic (exact) mass is 294 g/mol. The van der Waals surface area contributed by atoms with Gasteiger partial charge < -0.3 is 20.1 Å². The molecule has 21 heavy (non-hydrogen) atoms. The summed E-state index contributed by atoms with van der Waals surface area (Å²) in [5, 5.41) is 0. The predicted molar refractivity (Wildman–Crippen MR) is 80.2 cm³/mol. The molecule has 1 amide bonds. The number of esters is 1. The van der Waals surface area contributed by atoms with Crippen molar-refractivity contribution in [2.75, 3.05) is 26.0 Å². The molecule has 0 atom stereocenters. The fraction of sp³-hybridized carbons (Fsp3) is 0.467. The summed E-state index contributed by atoms with van der Waals surface area (Å²) in [6.07, 6.45) is 0. The van der Waals surface area contributed by atoms with Crippen molar-refractivity contribution in [2.24, 2.45) is 0 Å². The van der Waals surface area contributed by atoms with Gasteiger partial charge >= 0.3 is 5.97 Å². The van der Waals surface area contributed by atoms with Crippen LogP contribution in [0.4, 0.5) is 5.69 Å². The largest absolute Gasteiger partial charge is 0.496 e. The molecule has 6 nitrogen and oxygen atoms in total. The number of benzene rings is 1. The van der Waals surface area contributed by atoms with Gasteiger partial charge in [0.1, 0.15) is 12.3 Å². The first kappa shape index (κ1) is 16.8. The molecule has 1 rings (SSSR count). The minimum atomic E-state index is -0.436. The van der Waals surface area contributed by atoms with Gasteiger partial charge in [0.05, 0.1) is 19.3 Å². The van der Waals surface area contributed by atoms with Crippen LogP contribution < -0.4 is 10.5 Å². The van der Waals surface area contributed by atoms with Gasteiger partial charge in [-0.1, -0.05) is 0 Å². The van der Waals surface area contributed by atoms with Gasteiger partial charge in [0.15, 0.2) is 0 Å². The maximum Gasteiger partial charge on any atom is 0.325 e. The second-order valence-corrected chi connectivity index (χ2v) is 4.79. The number of nitrogens with zero attached hydrogens (tertiary/aromatic N) is 1. The summed E-state index contributed by atoms with van der Waals surface area (Å²) < 4.78 is 10.1. The lowest BCUT2D eigenvalue weighted by Crippen LogP contribution is -2.41. The van der Waals surface area contributed by atoms with Crippen LogP contribution in [0, 0.1) is 0 Å². The molecule has 2 N–H and O–H groups in total. The average Bonchev–Trinajstić information content (AvgIpc) is 2.43. The van der Waals surface area contributed by atoms with Crippen LogP contribution in [0.5, 0.6) is 5.75 Å². The van der Waals surface area contributed by atoms with Crippen LogP contribution >= 0.6 is 0 Å². The number of amides is 1. The number of hydrogen-bond donors (Lipinski definition) is 1. The van der Waals surface area contributed by atoms with Gasteiger partial charge in [-0.15, -0.1) is 0 Å². The Kier molecular flexibility index (Phi) is 6.02. The van der Waals surface area contributed by atoms with Gasteiger partial charge in [0, 0.05) is 17.8 Å². The molecule has 116 valence electrons. The lowest BCUT2D eigenvalue weighted by Gasteiger charge is -2.26. The van der Waals surface area contributed by atoms with Crippen LogP contribution in [0.3, 0.4) is 0 Å². The van der Waals surface area contributed by atoms with Gasteiger partial charge in [-0.05, 0) is 32.9 Å². The molecule has 1 aromatic carbocycles. The Morgan fingerprint density at radius 1 is 1.33 bits per heavy atom. The lowest BCUT2D eigenvalue weighted by molar-refractivity contribution is -0.144. The Bertz CT molecular complexity index is 514. The van der Waals surface area contributed by atoms with Gasteiger partial charge in [0.25, 0.3) is 5.91 Å². The molecule has 0 saturated carbocycles. The molecule has 0 aromatic heterocycles. The zero-order valence-electron chi connectivity index (χ0n) is 12.9. The quantitative estimate of drug-likeness (QED) is 0.638. The average molecular weight is 294 g/mol. The zero-order valence-corrected chi connectivity index (χ0v) is 12.9. The van der Waals surface area contributed by atoms with E-state index < -0.39 is 5.97 Å². The van der Waals surface area contributed by atoms with Crippen molar-refractivity contribution in [1.29, 1.82) is 0 Å². The lowest BCUT2D eigenvalue weighted by atomic mass is 10.1. The van der Waals surface area contributed by atoms with Gasteiger partial charge in [-0.2, -0.15) is 0 Å². The summed E-state index contributed by atoms with van der Waals surface area (Å²) in [7, 11) is 1.47. The predicted octanol–water partition coefficient (Wildman–Crippen LogP) is 1.69. The smallest absolute Gasteiger partial charge is 0.325 e. The summed E-state index contributed by atoms with van der Waals surface area (Å²) in [5.41, 5.74) is 6.55. The van der Waals surface area contributed by atoms with E-state index in [0.29, 0.717) is 17.0 Å². The van der Waals surface area contributed by atoms with E-state index in [1.54, 1.807) is 25.1 Å². The number of nitrogen functional groups attached to an aromatic ring is 1. The number of hydrogen-bond acceptors (Lipinski definition) is 5. The molecule has 0 spiro atoms. The number of rotatable bonds is 6. The molecule has 0 fully saturated rings. The van der Waals surface area contributed by atoms with Crippen LogP contribution in [-0.4, -0.2) is 43.1 Å². The van der Waals surface area contributed by atoms with Gasteiger partial charge in [-0.25, -0.2) is 0 Å². The van der Waals surface area contributed by atoms with Crippen LogP contribution in [0.2, 0.25) is 0 Å². The molecule has 0 bridgehead atoms. The molecule has 0 saturated heterocycles. The van der Waals surface area contributed by atoms with Crippen LogP contribution in [0.15, 0.2) is 18.2 Å². The summed E-state index contributed by atoms with van der Waals surface area (Å²) in [4.78, 5) is 25.7. The van der Waals surface area contributed by atoms with E-state index in [2.05, 4.69) is 0 Å². The Morgan fingerprint density at radius 3 is 2.52 bits per heavy atom. The van der Waals surface area contributed by atoms with Gasteiger partial charge in [0.2, 0.25) is 0 Å². The molecule has 0 aliphatic heterocycles. The highest BCUT2D eigenvalue weighted by Crippen LogP contribution is 2.23. The minimum Gasteiger partial charge on any atom is -0.496 e. The van der Waals surface area contributed by atoms with Crippen molar-refractivity contribution in [3.05, 3.63) is 23.8 Å². The first-order valence-corrected chi connectivity index (χ1v) is 6.80. The van der Waals surface area contributed by atoms with Crippen molar-refractivity contribution in [3.63, 3.8) is 0 Å². The topological polar surface area (TPSA) is 81.9 Å². The number of nitrogens with two attached hydrogens (primary N) is 1. The van der Waals surface area contributed by atoms with E-state index in [1.807, 2.05) is 13.8 Å². The van der Waals surface area contributed by atoms with Crippen molar-refractivity contribution in [1.82, 2.24) is 4.90 Å². The fourth-order valence-electron chi connectivity index (χ4n) is 1.87. The normalized spacial score (nSPS) is 10.3. The molecule has 6 heteroatoms. The number of ether oxygens (including phenoxy) is 2. The number of anilines is 1. The molecular formula is C15H22N2O4. The van der Waals surface area contributed by atoms with Crippen LogP contribution in [-0.2, 0) is 9.53 Å². The Balaban J connectivity index is 3.03. The third-order valence-electron chi connectivity index (χ3n) is 2.94. The molecule has 1 aromatic rings. The Morgan fingerprint density at radius 2 is 2.00 bits per heavy atom. The Labute approximate surface area is 124 Å². The van der Waals surface area contributed by atoms with E-state index in [0.717, 1.165) is 0 Å². The van der Waals surface area contributed by atoms with E-state index >= 15 is 0 Å². The third-order valence-corrected chi connectivity index (χ3v) is 2.94. The SMILES string of the molecule is CCOC(=O)CN(C(=O)c1ccc(N)cc1OC)C(C)C. The summed E-state index contributed by atoms with van der Waals surface area (Å²) >= 11 is 0. The highest BCUT2D eigenvalue weighted by molar-refractivity contribution is 5.99. The molecule has 0 heterocycles.